The first-order valence-corrected chi connectivity index (χ1v) is 11.1. The van der Waals surface area contributed by atoms with Gasteiger partial charge in [-0.2, -0.15) is 0 Å². The molecule has 9 nitrogen and oxygen atoms in total. The van der Waals surface area contributed by atoms with Crippen molar-refractivity contribution >= 4 is 23.2 Å². The van der Waals surface area contributed by atoms with Crippen molar-refractivity contribution in [2.45, 2.75) is 19.4 Å². The maximum Gasteiger partial charge on any atom is 0.270 e. The quantitative estimate of drug-likeness (QED) is 0.428. The van der Waals surface area contributed by atoms with Crippen LogP contribution in [0.2, 0.25) is 0 Å². The lowest BCUT2D eigenvalue weighted by Gasteiger charge is -2.23. The standard InChI is InChI=1S/C22H31N3O6S/c1-28-12-6-10-23-21(26)16-15-32-19(24-16)14-25(11-7-13-29-2)22(27)20-17(30-3)8-5-9-18(20)31-4/h5,8-9,15H,6-7,10-14H2,1-4H3,(H,23,26). The highest BCUT2D eigenvalue weighted by molar-refractivity contribution is 7.09. The molecular weight excluding hydrogens is 434 g/mol. The van der Waals surface area contributed by atoms with E-state index >= 15 is 0 Å². The number of hydrogen-bond donors (Lipinski definition) is 1. The number of nitrogens with one attached hydrogen (secondary N) is 1. The lowest BCUT2D eigenvalue weighted by Crippen LogP contribution is -2.33. The van der Waals surface area contributed by atoms with Gasteiger partial charge in [0.05, 0.1) is 20.8 Å². The Labute approximate surface area is 192 Å². The van der Waals surface area contributed by atoms with E-state index in [1.807, 2.05) is 0 Å². The highest BCUT2D eigenvalue weighted by Gasteiger charge is 2.25. The summed E-state index contributed by atoms with van der Waals surface area (Å²) in [7, 11) is 6.26. The van der Waals surface area contributed by atoms with Gasteiger partial charge in [-0.15, -0.1) is 11.3 Å². The second-order valence-electron chi connectivity index (χ2n) is 6.84. The van der Waals surface area contributed by atoms with Gasteiger partial charge in [0.2, 0.25) is 0 Å². The number of rotatable bonds is 14. The summed E-state index contributed by atoms with van der Waals surface area (Å²) in [5, 5.41) is 5.17. The Morgan fingerprint density at radius 3 is 2.31 bits per heavy atom. The minimum absolute atomic E-state index is 0.240. The fraction of sp³-hybridized carbons (Fsp3) is 0.500. The Morgan fingerprint density at radius 1 is 1.03 bits per heavy atom. The minimum atomic E-state index is -0.243. The van der Waals surface area contributed by atoms with E-state index in [0.29, 0.717) is 60.5 Å². The predicted octanol–water partition coefficient (Wildman–Crippen LogP) is 2.61. The molecule has 0 saturated heterocycles. The molecular formula is C22H31N3O6S. The molecule has 0 atom stereocenters. The van der Waals surface area contributed by atoms with E-state index in [4.69, 9.17) is 18.9 Å². The van der Waals surface area contributed by atoms with Gasteiger partial charge < -0.3 is 29.2 Å². The Morgan fingerprint density at radius 2 is 1.69 bits per heavy atom. The number of ether oxygens (including phenoxy) is 4. The fourth-order valence-electron chi connectivity index (χ4n) is 3.03. The normalized spacial score (nSPS) is 10.6. The Kier molecular flexibility index (Phi) is 10.9. The summed E-state index contributed by atoms with van der Waals surface area (Å²) < 4.78 is 20.9. The molecule has 0 aliphatic rings. The second-order valence-corrected chi connectivity index (χ2v) is 7.78. The van der Waals surface area contributed by atoms with E-state index in [1.54, 1.807) is 42.7 Å². The van der Waals surface area contributed by atoms with Crippen molar-refractivity contribution in [1.29, 1.82) is 0 Å². The third-order valence-corrected chi connectivity index (χ3v) is 5.46. The molecule has 0 unspecified atom stereocenters. The van der Waals surface area contributed by atoms with E-state index < -0.39 is 0 Å². The lowest BCUT2D eigenvalue weighted by molar-refractivity contribution is 0.0716. The van der Waals surface area contributed by atoms with E-state index in [9.17, 15) is 9.59 Å². The van der Waals surface area contributed by atoms with Gasteiger partial charge in [0.1, 0.15) is 27.8 Å². The summed E-state index contributed by atoms with van der Waals surface area (Å²) in [4.78, 5) is 31.9. The van der Waals surface area contributed by atoms with Crippen LogP contribution in [0.25, 0.3) is 0 Å². The maximum absolute atomic E-state index is 13.5. The van der Waals surface area contributed by atoms with Crippen LogP contribution < -0.4 is 14.8 Å². The highest BCUT2D eigenvalue weighted by atomic mass is 32.1. The third-order valence-electron chi connectivity index (χ3n) is 4.63. The zero-order chi connectivity index (χ0) is 23.3. The predicted molar refractivity (Wildman–Crippen MR) is 122 cm³/mol. The second kappa shape index (κ2) is 13.7. The van der Waals surface area contributed by atoms with Crippen LogP contribution in [-0.2, 0) is 16.0 Å². The number of thiazole rings is 1. The molecule has 0 bridgehead atoms. The molecule has 176 valence electrons. The van der Waals surface area contributed by atoms with Gasteiger partial charge in [0, 0.05) is 45.9 Å². The minimum Gasteiger partial charge on any atom is -0.496 e. The van der Waals surface area contributed by atoms with Gasteiger partial charge in [0.25, 0.3) is 11.8 Å². The smallest absolute Gasteiger partial charge is 0.270 e. The Bertz CT molecular complexity index is 851. The van der Waals surface area contributed by atoms with Crippen molar-refractivity contribution in [3.8, 4) is 11.5 Å². The fourth-order valence-corrected chi connectivity index (χ4v) is 3.82. The molecule has 10 heteroatoms. The molecule has 0 spiro atoms. The molecule has 1 N–H and O–H groups in total. The first-order chi connectivity index (χ1) is 15.5. The number of methoxy groups -OCH3 is 4. The molecule has 2 rings (SSSR count). The summed E-state index contributed by atoms with van der Waals surface area (Å²) in [6.45, 7) is 2.31. The number of aromatic nitrogens is 1. The van der Waals surface area contributed by atoms with Gasteiger partial charge in [-0.05, 0) is 25.0 Å². The number of amides is 2. The van der Waals surface area contributed by atoms with E-state index in [1.165, 1.54) is 25.6 Å². The third kappa shape index (κ3) is 7.18. The largest absolute Gasteiger partial charge is 0.496 e. The van der Waals surface area contributed by atoms with Crippen LogP contribution in [0.1, 0.15) is 38.7 Å². The molecule has 2 amide bonds. The molecule has 0 aliphatic carbocycles. The van der Waals surface area contributed by atoms with Crippen molar-refractivity contribution in [3.63, 3.8) is 0 Å². The molecule has 1 heterocycles. The van der Waals surface area contributed by atoms with Gasteiger partial charge in [0.15, 0.2) is 0 Å². The van der Waals surface area contributed by atoms with Crippen LogP contribution in [0.4, 0.5) is 0 Å². The SMILES string of the molecule is COCCCNC(=O)c1csc(CN(CCCOC)C(=O)c2c(OC)cccc2OC)n1. The monoisotopic (exact) mass is 465 g/mol. The van der Waals surface area contributed by atoms with Crippen LogP contribution >= 0.6 is 11.3 Å². The van der Waals surface area contributed by atoms with E-state index in [2.05, 4.69) is 10.3 Å². The molecule has 0 aliphatic heterocycles. The number of hydrogen-bond acceptors (Lipinski definition) is 8. The van der Waals surface area contributed by atoms with Gasteiger partial charge in [-0.3, -0.25) is 9.59 Å². The van der Waals surface area contributed by atoms with Gasteiger partial charge in [-0.1, -0.05) is 6.07 Å². The molecule has 2 aromatic rings. The number of nitrogens with zero attached hydrogens (tertiary/aromatic N) is 2. The average Bonchev–Trinajstić information content (AvgIpc) is 3.29. The molecule has 0 radical (unpaired) electrons. The summed E-state index contributed by atoms with van der Waals surface area (Å²) in [5.41, 5.74) is 0.684. The van der Waals surface area contributed by atoms with Crippen LogP contribution in [0.15, 0.2) is 23.6 Å². The van der Waals surface area contributed by atoms with Crippen molar-refractivity contribution in [3.05, 3.63) is 39.8 Å². The summed E-state index contributed by atoms with van der Waals surface area (Å²) in [5.74, 6) is 0.381. The van der Waals surface area contributed by atoms with E-state index in [0.717, 1.165) is 6.42 Å². The van der Waals surface area contributed by atoms with Crippen LogP contribution in [0.3, 0.4) is 0 Å². The average molecular weight is 466 g/mol. The molecule has 1 aromatic heterocycles. The van der Waals surface area contributed by atoms with Crippen molar-refractivity contribution < 1.29 is 28.5 Å². The topological polar surface area (TPSA) is 99.2 Å². The van der Waals surface area contributed by atoms with Crippen molar-refractivity contribution in [2.24, 2.45) is 0 Å². The van der Waals surface area contributed by atoms with Crippen LogP contribution in [-0.4, -0.2) is 76.4 Å². The number of carbonyl (C=O) groups excluding carboxylic acids is 2. The van der Waals surface area contributed by atoms with E-state index in [-0.39, 0.29) is 18.4 Å². The Hall–Kier alpha value is -2.69. The number of carbonyl (C=O) groups is 2. The number of benzene rings is 1. The first-order valence-electron chi connectivity index (χ1n) is 10.3. The summed E-state index contributed by atoms with van der Waals surface area (Å²) >= 11 is 1.34. The van der Waals surface area contributed by atoms with Gasteiger partial charge in [-0.25, -0.2) is 4.98 Å². The molecule has 32 heavy (non-hydrogen) atoms. The van der Waals surface area contributed by atoms with Crippen LogP contribution in [0, 0.1) is 0 Å². The van der Waals surface area contributed by atoms with Crippen molar-refractivity contribution in [2.75, 3.05) is 54.7 Å². The Balaban J connectivity index is 2.18. The maximum atomic E-state index is 13.5. The molecule has 0 fully saturated rings. The van der Waals surface area contributed by atoms with Crippen LogP contribution in [0.5, 0.6) is 11.5 Å². The summed E-state index contributed by atoms with van der Waals surface area (Å²) in [6, 6.07) is 5.21. The highest BCUT2D eigenvalue weighted by Crippen LogP contribution is 2.30. The molecule has 1 aromatic carbocycles. The summed E-state index contributed by atoms with van der Waals surface area (Å²) in [6.07, 6.45) is 1.37. The zero-order valence-electron chi connectivity index (χ0n) is 19.0. The zero-order valence-corrected chi connectivity index (χ0v) is 19.8. The lowest BCUT2D eigenvalue weighted by atomic mass is 10.1. The molecule has 0 saturated carbocycles. The van der Waals surface area contributed by atoms with Gasteiger partial charge >= 0.3 is 0 Å². The first kappa shape index (κ1) is 25.6. The van der Waals surface area contributed by atoms with Crippen molar-refractivity contribution in [1.82, 2.24) is 15.2 Å².